The van der Waals surface area contributed by atoms with Gasteiger partial charge in [-0.15, -0.1) is 0 Å². The topological polar surface area (TPSA) is 82.1 Å². The first-order chi connectivity index (χ1) is 16.7. The van der Waals surface area contributed by atoms with E-state index >= 15 is 0 Å². The molecule has 0 aromatic heterocycles. The van der Waals surface area contributed by atoms with Crippen molar-refractivity contribution in [2.75, 3.05) is 14.2 Å². The number of carbonyl (C=O) groups is 1. The lowest BCUT2D eigenvalue weighted by Crippen LogP contribution is -2.37. The Kier molecular flexibility index (Phi) is 8.34. The van der Waals surface area contributed by atoms with Crippen molar-refractivity contribution in [1.82, 2.24) is 4.90 Å². The second-order valence-corrected chi connectivity index (χ2v) is 9.48. The Morgan fingerprint density at radius 3 is 2.14 bits per heavy atom. The van der Waals surface area contributed by atoms with E-state index in [-0.39, 0.29) is 29.1 Å². The van der Waals surface area contributed by atoms with Crippen molar-refractivity contribution >= 4 is 16.0 Å². The highest BCUT2D eigenvalue weighted by Crippen LogP contribution is 2.26. The molecule has 35 heavy (non-hydrogen) atoms. The molecule has 7 nitrogen and oxygen atoms in total. The molecule has 0 aliphatic heterocycles. The molecule has 0 spiro atoms. The van der Waals surface area contributed by atoms with Crippen molar-refractivity contribution < 1.29 is 31.3 Å². The van der Waals surface area contributed by atoms with Gasteiger partial charge < -0.3 is 18.6 Å². The molecule has 1 amide bonds. The predicted molar refractivity (Wildman–Crippen MR) is 130 cm³/mol. The third-order valence-electron chi connectivity index (χ3n) is 5.54. The van der Waals surface area contributed by atoms with E-state index in [9.17, 15) is 17.6 Å². The molecule has 0 aliphatic carbocycles. The van der Waals surface area contributed by atoms with Gasteiger partial charge in [0.2, 0.25) is 0 Å². The summed E-state index contributed by atoms with van der Waals surface area (Å²) in [5, 5.41) is 0. The lowest BCUT2D eigenvalue weighted by atomic mass is 10.1. The normalized spacial score (nSPS) is 12.0. The first-order valence-electron chi connectivity index (χ1n) is 11.0. The van der Waals surface area contributed by atoms with Gasteiger partial charge in [-0.2, -0.15) is 8.42 Å². The summed E-state index contributed by atoms with van der Waals surface area (Å²) in [5.41, 5.74) is 1.09. The van der Waals surface area contributed by atoms with Crippen LogP contribution in [0.5, 0.6) is 17.2 Å². The molecule has 1 atom stereocenters. The van der Waals surface area contributed by atoms with E-state index in [1.165, 1.54) is 20.3 Å². The van der Waals surface area contributed by atoms with E-state index in [1.54, 1.807) is 41.3 Å². The zero-order valence-corrected chi connectivity index (χ0v) is 20.8. The predicted octanol–water partition coefficient (Wildman–Crippen LogP) is 5.05. The zero-order valence-electron chi connectivity index (χ0n) is 20.0. The van der Waals surface area contributed by atoms with Crippen LogP contribution >= 0.6 is 0 Å². The summed E-state index contributed by atoms with van der Waals surface area (Å²) >= 11 is 0. The fourth-order valence-corrected chi connectivity index (χ4v) is 4.34. The number of carbonyl (C=O) groups excluding carboxylic acids is 1. The van der Waals surface area contributed by atoms with Crippen LogP contribution in [0.25, 0.3) is 0 Å². The molecule has 3 aromatic rings. The highest BCUT2D eigenvalue weighted by Gasteiger charge is 2.23. The number of halogens is 1. The maximum Gasteiger partial charge on any atom is 0.339 e. The third kappa shape index (κ3) is 6.51. The Hall–Kier alpha value is -3.59. The number of amides is 1. The summed E-state index contributed by atoms with van der Waals surface area (Å²) in [6.07, 6.45) is 0.710. The lowest BCUT2D eigenvalue weighted by Gasteiger charge is -2.29. The maximum atomic E-state index is 13.5. The second kappa shape index (κ2) is 11.2. The van der Waals surface area contributed by atoms with Gasteiger partial charge in [0.15, 0.2) is 0 Å². The van der Waals surface area contributed by atoms with Crippen LogP contribution in [0.4, 0.5) is 4.39 Å². The molecule has 1 unspecified atom stereocenters. The van der Waals surface area contributed by atoms with Crippen LogP contribution in [0.15, 0.2) is 71.6 Å². The minimum Gasteiger partial charge on any atom is -0.497 e. The average Bonchev–Trinajstić information content (AvgIpc) is 2.86. The molecule has 0 saturated carbocycles. The van der Waals surface area contributed by atoms with Crippen molar-refractivity contribution in [3.8, 4) is 17.2 Å². The van der Waals surface area contributed by atoms with Gasteiger partial charge in [0.1, 0.15) is 28.0 Å². The summed E-state index contributed by atoms with van der Waals surface area (Å²) < 4.78 is 54.2. The smallest absolute Gasteiger partial charge is 0.339 e. The number of nitrogens with zero attached hydrogens (tertiary/aromatic N) is 1. The van der Waals surface area contributed by atoms with Gasteiger partial charge in [-0.1, -0.05) is 19.1 Å². The molecule has 0 fully saturated rings. The van der Waals surface area contributed by atoms with Crippen molar-refractivity contribution in [3.05, 3.63) is 83.7 Å². The Balaban J connectivity index is 1.87. The molecule has 0 saturated heterocycles. The SMILES string of the molecule is CCC(C)N(Cc1cccc(OS(=O)(=O)c2ccc(F)cc2)c1)C(=O)c1cc(OC)cc(OC)c1. The van der Waals surface area contributed by atoms with Gasteiger partial charge in [-0.3, -0.25) is 4.79 Å². The molecule has 0 heterocycles. The largest absolute Gasteiger partial charge is 0.497 e. The zero-order chi connectivity index (χ0) is 25.6. The van der Waals surface area contributed by atoms with Crippen molar-refractivity contribution in [2.45, 2.75) is 37.8 Å². The van der Waals surface area contributed by atoms with E-state index in [0.29, 0.717) is 29.0 Å². The van der Waals surface area contributed by atoms with Crippen LogP contribution in [0.1, 0.15) is 36.2 Å². The van der Waals surface area contributed by atoms with E-state index in [1.807, 2.05) is 13.8 Å². The molecule has 186 valence electrons. The van der Waals surface area contributed by atoms with Crippen LogP contribution in [0.2, 0.25) is 0 Å². The molecule has 0 aliphatic rings. The summed E-state index contributed by atoms with van der Waals surface area (Å²) in [4.78, 5) is 15.0. The Bertz CT molecular complexity index is 1260. The second-order valence-electron chi connectivity index (χ2n) is 7.93. The summed E-state index contributed by atoms with van der Waals surface area (Å²) in [5.74, 6) is 0.319. The van der Waals surface area contributed by atoms with Crippen LogP contribution < -0.4 is 13.7 Å². The highest BCUT2D eigenvalue weighted by molar-refractivity contribution is 7.87. The summed E-state index contributed by atoms with van der Waals surface area (Å²) in [7, 11) is -1.12. The highest BCUT2D eigenvalue weighted by atomic mass is 32.2. The van der Waals surface area contributed by atoms with Crippen LogP contribution in [-0.4, -0.2) is 39.5 Å². The average molecular weight is 502 g/mol. The van der Waals surface area contributed by atoms with E-state index in [4.69, 9.17) is 13.7 Å². The van der Waals surface area contributed by atoms with E-state index in [0.717, 1.165) is 24.3 Å². The van der Waals surface area contributed by atoms with Gasteiger partial charge in [-0.05, 0) is 67.4 Å². The van der Waals surface area contributed by atoms with E-state index < -0.39 is 15.9 Å². The summed E-state index contributed by atoms with van der Waals surface area (Å²) in [6, 6.07) is 15.8. The monoisotopic (exact) mass is 501 g/mol. The Labute approximate surface area is 205 Å². The molecule has 0 radical (unpaired) electrons. The Morgan fingerprint density at radius 2 is 1.57 bits per heavy atom. The Morgan fingerprint density at radius 1 is 0.943 bits per heavy atom. The number of ether oxygens (including phenoxy) is 2. The van der Waals surface area contributed by atoms with Crippen molar-refractivity contribution in [3.63, 3.8) is 0 Å². The van der Waals surface area contributed by atoms with Gasteiger partial charge in [0, 0.05) is 24.2 Å². The quantitative estimate of drug-likeness (QED) is 0.362. The standard InChI is InChI=1S/C26H28FNO6S/c1-5-18(2)28(26(29)20-14-23(32-3)16-24(15-20)33-4)17-19-7-6-8-22(13-19)34-35(30,31)25-11-9-21(27)10-12-25/h6-16,18H,5,17H2,1-4H3. The fraction of sp³-hybridized carbons (Fsp3) is 0.269. The maximum absolute atomic E-state index is 13.5. The first kappa shape index (κ1) is 26.0. The minimum atomic E-state index is -4.15. The minimum absolute atomic E-state index is 0.0893. The lowest BCUT2D eigenvalue weighted by molar-refractivity contribution is 0.0670. The number of benzene rings is 3. The number of rotatable bonds is 10. The number of hydrogen-bond donors (Lipinski definition) is 0. The van der Waals surface area contributed by atoms with E-state index in [2.05, 4.69) is 0 Å². The molecule has 9 heteroatoms. The van der Waals surface area contributed by atoms with Gasteiger partial charge in [-0.25, -0.2) is 4.39 Å². The number of methoxy groups -OCH3 is 2. The van der Waals surface area contributed by atoms with Crippen molar-refractivity contribution in [1.29, 1.82) is 0 Å². The summed E-state index contributed by atoms with van der Waals surface area (Å²) in [6.45, 7) is 4.14. The number of hydrogen-bond acceptors (Lipinski definition) is 6. The van der Waals surface area contributed by atoms with Crippen LogP contribution in [0.3, 0.4) is 0 Å². The van der Waals surface area contributed by atoms with Gasteiger partial charge >= 0.3 is 10.1 Å². The van der Waals surface area contributed by atoms with Crippen molar-refractivity contribution in [2.24, 2.45) is 0 Å². The molecular formula is C26H28FNO6S. The molecule has 0 bridgehead atoms. The molecule has 3 aromatic carbocycles. The van der Waals surface area contributed by atoms with Crippen LogP contribution in [-0.2, 0) is 16.7 Å². The molecule has 3 rings (SSSR count). The third-order valence-corrected chi connectivity index (χ3v) is 6.80. The van der Waals surface area contributed by atoms with Gasteiger partial charge in [0.25, 0.3) is 5.91 Å². The fourth-order valence-electron chi connectivity index (χ4n) is 3.41. The first-order valence-corrected chi connectivity index (χ1v) is 12.4. The van der Waals surface area contributed by atoms with Crippen LogP contribution in [0, 0.1) is 5.82 Å². The molecule has 0 N–H and O–H groups in total. The molecular weight excluding hydrogens is 473 g/mol. The van der Waals surface area contributed by atoms with Gasteiger partial charge in [0.05, 0.1) is 14.2 Å².